The third kappa shape index (κ3) is 4.24. The van der Waals surface area contributed by atoms with Gasteiger partial charge in [-0.05, 0) is 43.9 Å². The Hall–Kier alpha value is -2.29. The number of nitrogens with zero attached hydrogens (tertiary/aromatic N) is 4. The van der Waals surface area contributed by atoms with Crippen LogP contribution in [-0.2, 0) is 10.0 Å². The first kappa shape index (κ1) is 19.0. The number of nitrogens with one attached hydrogen (secondary N) is 1. The second-order valence-corrected chi connectivity index (χ2v) is 9.03. The van der Waals surface area contributed by atoms with Gasteiger partial charge in [0.05, 0.1) is 29.0 Å². The Morgan fingerprint density at radius 1 is 1.11 bits per heavy atom. The number of hydrogen-bond acceptors (Lipinski definition) is 5. The minimum Gasteiger partial charge on any atom is -0.269 e. The molecule has 3 aromatic rings. The number of aromatic nitrogens is 4. The molecule has 0 radical (unpaired) electrons. The average molecular weight is 418 g/mol. The van der Waals surface area contributed by atoms with Gasteiger partial charge in [0.15, 0.2) is 0 Å². The van der Waals surface area contributed by atoms with Crippen LogP contribution < -0.4 is 4.72 Å². The molecule has 0 atom stereocenters. The summed E-state index contributed by atoms with van der Waals surface area (Å²) >= 11 is 5.92. The van der Waals surface area contributed by atoms with Crippen LogP contribution in [0.1, 0.15) is 31.7 Å². The molecule has 0 bridgehead atoms. The lowest BCUT2D eigenvalue weighted by Crippen LogP contribution is -2.38. The molecule has 1 fully saturated rings. The van der Waals surface area contributed by atoms with Gasteiger partial charge in [0.1, 0.15) is 0 Å². The topological polar surface area (TPSA) is 89.8 Å². The standard InChI is InChI=1S/C19H20ClN5O2S/c20-15-2-1-3-18(10-15)28(26,27)24-16-4-6-17(7-5-16)25-13-14(11-23-25)19-12-21-8-9-22-19/h1-3,8-13,16-17,24H,4-7H2. The summed E-state index contributed by atoms with van der Waals surface area (Å²) in [5, 5.41) is 4.88. The van der Waals surface area contributed by atoms with Crippen LogP contribution in [0.25, 0.3) is 11.3 Å². The zero-order chi connectivity index (χ0) is 19.6. The van der Waals surface area contributed by atoms with Gasteiger partial charge < -0.3 is 0 Å². The number of halogens is 1. The first-order valence-corrected chi connectivity index (χ1v) is 11.0. The van der Waals surface area contributed by atoms with E-state index in [1.54, 1.807) is 43.0 Å². The Morgan fingerprint density at radius 3 is 2.64 bits per heavy atom. The molecule has 2 aromatic heterocycles. The number of rotatable bonds is 5. The minimum absolute atomic E-state index is 0.0877. The van der Waals surface area contributed by atoms with E-state index in [-0.39, 0.29) is 17.0 Å². The molecule has 9 heteroatoms. The smallest absolute Gasteiger partial charge is 0.240 e. The predicted octanol–water partition coefficient (Wildman–Crippen LogP) is 3.46. The Labute approximate surface area is 168 Å². The molecule has 1 aliphatic carbocycles. The van der Waals surface area contributed by atoms with Gasteiger partial charge in [-0.2, -0.15) is 5.10 Å². The average Bonchev–Trinajstić information content (AvgIpc) is 3.19. The molecule has 2 heterocycles. The number of benzene rings is 1. The Kier molecular flexibility index (Phi) is 5.43. The molecule has 0 unspecified atom stereocenters. The van der Waals surface area contributed by atoms with Gasteiger partial charge in [0, 0.05) is 35.2 Å². The number of sulfonamides is 1. The van der Waals surface area contributed by atoms with E-state index in [9.17, 15) is 8.42 Å². The highest BCUT2D eigenvalue weighted by atomic mass is 35.5. The fraction of sp³-hybridized carbons (Fsp3) is 0.316. The maximum atomic E-state index is 12.6. The summed E-state index contributed by atoms with van der Waals surface area (Å²) in [5.41, 5.74) is 1.72. The van der Waals surface area contributed by atoms with Crippen LogP contribution in [-0.4, -0.2) is 34.2 Å². The van der Waals surface area contributed by atoms with Crippen LogP contribution in [0.15, 0.2) is 60.1 Å². The van der Waals surface area contributed by atoms with E-state index in [0.717, 1.165) is 36.9 Å². The lowest BCUT2D eigenvalue weighted by molar-refractivity contribution is 0.294. The molecule has 28 heavy (non-hydrogen) atoms. The SMILES string of the molecule is O=S(=O)(NC1CCC(n2cc(-c3cnccn3)cn2)CC1)c1cccc(Cl)c1. The molecule has 1 aliphatic rings. The van der Waals surface area contributed by atoms with E-state index >= 15 is 0 Å². The van der Waals surface area contributed by atoms with E-state index < -0.39 is 10.0 Å². The van der Waals surface area contributed by atoms with Crippen molar-refractivity contribution in [3.05, 3.63) is 60.3 Å². The van der Waals surface area contributed by atoms with Crippen molar-refractivity contribution in [3.63, 3.8) is 0 Å². The second-order valence-electron chi connectivity index (χ2n) is 6.88. The molecule has 1 aromatic carbocycles. The highest BCUT2D eigenvalue weighted by Gasteiger charge is 2.27. The molecule has 0 spiro atoms. The normalized spacial score (nSPS) is 20.2. The summed E-state index contributed by atoms with van der Waals surface area (Å²) in [5.74, 6) is 0. The maximum Gasteiger partial charge on any atom is 0.240 e. The quantitative estimate of drug-likeness (QED) is 0.686. The van der Waals surface area contributed by atoms with Gasteiger partial charge in [-0.25, -0.2) is 13.1 Å². The van der Waals surface area contributed by atoms with Crippen molar-refractivity contribution in [1.29, 1.82) is 0 Å². The van der Waals surface area contributed by atoms with Crippen molar-refractivity contribution >= 4 is 21.6 Å². The molecule has 1 N–H and O–H groups in total. The summed E-state index contributed by atoms with van der Waals surface area (Å²) < 4.78 is 29.9. The molecule has 0 aliphatic heterocycles. The molecule has 7 nitrogen and oxygen atoms in total. The third-order valence-electron chi connectivity index (χ3n) is 4.96. The van der Waals surface area contributed by atoms with E-state index in [1.807, 2.05) is 10.9 Å². The molecule has 4 rings (SSSR count). The van der Waals surface area contributed by atoms with Crippen LogP contribution in [0.4, 0.5) is 0 Å². The van der Waals surface area contributed by atoms with Gasteiger partial charge in [0.25, 0.3) is 0 Å². The second kappa shape index (κ2) is 7.98. The van der Waals surface area contributed by atoms with Gasteiger partial charge in [-0.15, -0.1) is 0 Å². The van der Waals surface area contributed by atoms with Crippen LogP contribution in [0.3, 0.4) is 0 Å². The lowest BCUT2D eigenvalue weighted by atomic mass is 9.92. The molecule has 146 valence electrons. The third-order valence-corrected chi connectivity index (χ3v) is 6.71. The summed E-state index contributed by atoms with van der Waals surface area (Å²) in [6.07, 6.45) is 12.0. The summed E-state index contributed by atoms with van der Waals surface area (Å²) in [6, 6.07) is 6.48. The van der Waals surface area contributed by atoms with Crippen LogP contribution in [0.5, 0.6) is 0 Å². The largest absolute Gasteiger partial charge is 0.269 e. The Morgan fingerprint density at radius 2 is 1.93 bits per heavy atom. The molecule has 0 saturated heterocycles. The van der Waals surface area contributed by atoms with Crippen molar-refractivity contribution in [3.8, 4) is 11.3 Å². The van der Waals surface area contributed by atoms with Crippen LogP contribution in [0, 0.1) is 0 Å². The maximum absolute atomic E-state index is 12.6. The first-order chi connectivity index (χ1) is 13.5. The van der Waals surface area contributed by atoms with Crippen molar-refractivity contribution in [2.75, 3.05) is 0 Å². The fourth-order valence-electron chi connectivity index (χ4n) is 3.50. The van der Waals surface area contributed by atoms with Crippen molar-refractivity contribution in [2.45, 2.75) is 42.7 Å². The molecule has 1 saturated carbocycles. The van der Waals surface area contributed by atoms with Gasteiger partial charge in [-0.3, -0.25) is 14.6 Å². The molecular weight excluding hydrogens is 398 g/mol. The van der Waals surface area contributed by atoms with Crippen molar-refractivity contribution in [2.24, 2.45) is 0 Å². The van der Waals surface area contributed by atoms with Crippen molar-refractivity contribution in [1.82, 2.24) is 24.5 Å². The first-order valence-electron chi connectivity index (χ1n) is 9.10. The highest BCUT2D eigenvalue weighted by molar-refractivity contribution is 7.89. The van der Waals surface area contributed by atoms with Gasteiger partial charge in [0.2, 0.25) is 10.0 Å². The predicted molar refractivity (Wildman–Crippen MR) is 106 cm³/mol. The van der Waals surface area contributed by atoms with E-state index in [0.29, 0.717) is 5.02 Å². The van der Waals surface area contributed by atoms with Crippen LogP contribution >= 0.6 is 11.6 Å². The zero-order valence-corrected chi connectivity index (χ0v) is 16.6. The van der Waals surface area contributed by atoms with Crippen molar-refractivity contribution < 1.29 is 8.42 Å². The highest BCUT2D eigenvalue weighted by Crippen LogP contribution is 2.30. The summed E-state index contributed by atoms with van der Waals surface area (Å²) in [6.45, 7) is 0. The monoisotopic (exact) mass is 417 g/mol. The molecular formula is C19H20ClN5O2S. The lowest BCUT2D eigenvalue weighted by Gasteiger charge is -2.29. The van der Waals surface area contributed by atoms with E-state index in [1.165, 1.54) is 6.07 Å². The Bertz CT molecular complexity index is 1050. The van der Waals surface area contributed by atoms with E-state index in [2.05, 4.69) is 19.8 Å². The summed E-state index contributed by atoms with van der Waals surface area (Å²) in [4.78, 5) is 8.57. The van der Waals surface area contributed by atoms with Gasteiger partial charge >= 0.3 is 0 Å². The van der Waals surface area contributed by atoms with Crippen LogP contribution in [0.2, 0.25) is 5.02 Å². The fourth-order valence-corrected chi connectivity index (χ4v) is 5.10. The number of hydrogen-bond donors (Lipinski definition) is 1. The zero-order valence-electron chi connectivity index (χ0n) is 15.1. The summed E-state index contributed by atoms with van der Waals surface area (Å²) in [7, 11) is -3.57. The van der Waals surface area contributed by atoms with E-state index in [4.69, 9.17) is 11.6 Å². The molecule has 0 amide bonds. The Balaban J connectivity index is 1.38. The minimum atomic E-state index is -3.57. The van der Waals surface area contributed by atoms with Gasteiger partial charge in [-0.1, -0.05) is 17.7 Å².